The highest BCUT2D eigenvalue weighted by atomic mass is 32.2. The fourth-order valence-electron chi connectivity index (χ4n) is 1.16. The fourth-order valence-corrected chi connectivity index (χ4v) is 2.01. The van der Waals surface area contributed by atoms with E-state index >= 15 is 0 Å². The second-order valence-electron chi connectivity index (χ2n) is 4.65. The van der Waals surface area contributed by atoms with Crippen LogP contribution in [0.4, 0.5) is 0 Å². The molecule has 0 heterocycles. The van der Waals surface area contributed by atoms with Gasteiger partial charge < -0.3 is 10.0 Å². The number of likely N-dealkylation sites (N-methyl/N-ethyl adjacent to an activating group) is 1. The standard InChI is InChI=1S/C9H22N2O3S/c1-8(2)15(13,14)10-6-9(3,12)7-11(4)5/h8,10,12H,6-7H2,1-5H3. The monoisotopic (exact) mass is 238 g/mol. The summed E-state index contributed by atoms with van der Waals surface area (Å²) < 4.78 is 25.3. The van der Waals surface area contributed by atoms with E-state index in [-0.39, 0.29) is 6.54 Å². The first kappa shape index (κ1) is 14.8. The zero-order valence-electron chi connectivity index (χ0n) is 10.1. The van der Waals surface area contributed by atoms with Crippen LogP contribution >= 0.6 is 0 Å². The van der Waals surface area contributed by atoms with Crippen molar-refractivity contribution in [3.05, 3.63) is 0 Å². The number of nitrogens with zero attached hydrogens (tertiary/aromatic N) is 1. The molecule has 6 heteroatoms. The Bertz CT molecular complexity index is 284. The van der Waals surface area contributed by atoms with Crippen molar-refractivity contribution in [2.24, 2.45) is 0 Å². The number of sulfonamides is 1. The first-order valence-electron chi connectivity index (χ1n) is 4.92. The Morgan fingerprint density at radius 1 is 1.40 bits per heavy atom. The average molecular weight is 238 g/mol. The Kier molecular flexibility index (Phi) is 5.19. The van der Waals surface area contributed by atoms with Crippen LogP contribution in [-0.4, -0.2) is 56.5 Å². The molecule has 0 aliphatic rings. The Balaban J connectivity index is 4.27. The lowest BCUT2D eigenvalue weighted by Gasteiger charge is -2.27. The van der Waals surface area contributed by atoms with Gasteiger partial charge in [0.1, 0.15) is 0 Å². The zero-order chi connectivity index (χ0) is 12.3. The van der Waals surface area contributed by atoms with Crippen LogP contribution in [0, 0.1) is 0 Å². The van der Waals surface area contributed by atoms with E-state index in [4.69, 9.17) is 0 Å². The molecular weight excluding hydrogens is 216 g/mol. The molecule has 0 aromatic rings. The first-order chi connectivity index (χ1) is 6.57. The smallest absolute Gasteiger partial charge is 0.214 e. The van der Waals surface area contributed by atoms with Crippen molar-refractivity contribution in [1.82, 2.24) is 9.62 Å². The predicted octanol–water partition coefficient (Wildman–Crippen LogP) is -0.373. The Morgan fingerprint density at radius 3 is 2.20 bits per heavy atom. The lowest BCUT2D eigenvalue weighted by molar-refractivity contribution is 0.0385. The summed E-state index contributed by atoms with van der Waals surface area (Å²) in [5.74, 6) is 0. The van der Waals surface area contributed by atoms with Crippen LogP contribution in [-0.2, 0) is 10.0 Å². The summed E-state index contributed by atoms with van der Waals surface area (Å²) in [5.41, 5.74) is -1.05. The van der Waals surface area contributed by atoms with Gasteiger partial charge in [-0.1, -0.05) is 0 Å². The van der Waals surface area contributed by atoms with Gasteiger partial charge in [0.15, 0.2) is 0 Å². The summed E-state index contributed by atoms with van der Waals surface area (Å²) in [5, 5.41) is 9.38. The van der Waals surface area contributed by atoms with Gasteiger partial charge in [0.25, 0.3) is 0 Å². The maximum Gasteiger partial charge on any atom is 0.214 e. The maximum atomic E-state index is 11.4. The molecule has 0 rings (SSSR count). The minimum atomic E-state index is -3.30. The molecule has 0 fully saturated rings. The van der Waals surface area contributed by atoms with Crippen LogP contribution in [0.1, 0.15) is 20.8 Å². The molecule has 15 heavy (non-hydrogen) atoms. The second kappa shape index (κ2) is 5.25. The van der Waals surface area contributed by atoms with Gasteiger partial charge in [-0.15, -0.1) is 0 Å². The molecular formula is C9H22N2O3S. The summed E-state index contributed by atoms with van der Waals surface area (Å²) in [6.45, 7) is 5.25. The van der Waals surface area contributed by atoms with E-state index in [9.17, 15) is 13.5 Å². The third-order valence-electron chi connectivity index (χ3n) is 1.93. The zero-order valence-corrected chi connectivity index (χ0v) is 10.9. The molecule has 0 spiro atoms. The van der Waals surface area contributed by atoms with Crippen LogP contribution in [0.15, 0.2) is 0 Å². The van der Waals surface area contributed by atoms with E-state index in [0.29, 0.717) is 6.54 Å². The van der Waals surface area contributed by atoms with Gasteiger partial charge in [-0.05, 0) is 34.9 Å². The number of aliphatic hydroxyl groups is 1. The van der Waals surface area contributed by atoms with Crippen molar-refractivity contribution in [3.63, 3.8) is 0 Å². The van der Waals surface area contributed by atoms with Crippen molar-refractivity contribution in [1.29, 1.82) is 0 Å². The summed E-state index contributed by atoms with van der Waals surface area (Å²) >= 11 is 0. The molecule has 0 aromatic carbocycles. The topological polar surface area (TPSA) is 69.6 Å². The highest BCUT2D eigenvalue weighted by Crippen LogP contribution is 2.05. The predicted molar refractivity (Wildman–Crippen MR) is 61.2 cm³/mol. The molecule has 2 N–H and O–H groups in total. The Labute approximate surface area is 92.5 Å². The van der Waals surface area contributed by atoms with E-state index in [1.54, 1.807) is 20.8 Å². The number of hydrogen-bond acceptors (Lipinski definition) is 4. The molecule has 92 valence electrons. The summed E-state index contributed by atoms with van der Waals surface area (Å²) in [6.07, 6.45) is 0. The molecule has 0 saturated carbocycles. The van der Waals surface area contributed by atoms with Crippen molar-refractivity contribution < 1.29 is 13.5 Å². The lowest BCUT2D eigenvalue weighted by atomic mass is 10.1. The van der Waals surface area contributed by atoms with E-state index < -0.39 is 20.9 Å². The van der Waals surface area contributed by atoms with Gasteiger partial charge in [0.05, 0.1) is 10.9 Å². The lowest BCUT2D eigenvalue weighted by Crippen LogP contribution is -2.48. The summed E-state index contributed by atoms with van der Waals surface area (Å²) in [6, 6.07) is 0. The number of nitrogens with one attached hydrogen (secondary N) is 1. The molecule has 0 aliphatic carbocycles. The summed E-state index contributed by atoms with van der Waals surface area (Å²) in [7, 11) is 0.354. The minimum absolute atomic E-state index is 0.0334. The van der Waals surface area contributed by atoms with Crippen molar-refractivity contribution in [2.75, 3.05) is 27.2 Å². The van der Waals surface area contributed by atoms with Crippen molar-refractivity contribution in [3.8, 4) is 0 Å². The van der Waals surface area contributed by atoms with Crippen molar-refractivity contribution >= 4 is 10.0 Å². The van der Waals surface area contributed by atoms with E-state index in [2.05, 4.69) is 4.72 Å². The van der Waals surface area contributed by atoms with Gasteiger partial charge in [-0.25, -0.2) is 13.1 Å². The van der Waals surface area contributed by atoms with Gasteiger partial charge in [0.2, 0.25) is 10.0 Å². The fraction of sp³-hybridized carbons (Fsp3) is 1.00. The van der Waals surface area contributed by atoms with Crippen molar-refractivity contribution in [2.45, 2.75) is 31.6 Å². The molecule has 0 aliphatic heterocycles. The molecule has 1 unspecified atom stereocenters. The first-order valence-corrected chi connectivity index (χ1v) is 6.47. The van der Waals surface area contributed by atoms with Crippen LogP contribution in [0.3, 0.4) is 0 Å². The highest BCUT2D eigenvalue weighted by Gasteiger charge is 2.25. The van der Waals surface area contributed by atoms with Gasteiger partial charge in [-0.2, -0.15) is 0 Å². The number of rotatable bonds is 6. The van der Waals surface area contributed by atoms with E-state index in [1.165, 1.54) is 0 Å². The average Bonchev–Trinajstić information content (AvgIpc) is 1.98. The van der Waals surface area contributed by atoms with Crippen LogP contribution in [0.2, 0.25) is 0 Å². The molecule has 0 aromatic heterocycles. The third kappa shape index (κ3) is 6.09. The quantitative estimate of drug-likeness (QED) is 0.662. The maximum absolute atomic E-state index is 11.4. The van der Waals surface area contributed by atoms with Crippen LogP contribution < -0.4 is 4.72 Å². The normalized spacial score (nSPS) is 17.1. The second-order valence-corrected chi connectivity index (χ2v) is 6.97. The van der Waals surface area contributed by atoms with Gasteiger partial charge >= 0.3 is 0 Å². The molecule has 1 atom stereocenters. The molecule has 0 radical (unpaired) electrons. The molecule has 0 saturated heterocycles. The number of hydrogen-bond donors (Lipinski definition) is 2. The highest BCUT2D eigenvalue weighted by molar-refractivity contribution is 7.90. The minimum Gasteiger partial charge on any atom is -0.387 e. The largest absolute Gasteiger partial charge is 0.387 e. The van der Waals surface area contributed by atoms with Gasteiger partial charge in [0, 0.05) is 13.1 Å². The van der Waals surface area contributed by atoms with Crippen LogP contribution in [0.5, 0.6) is 0 Å². The Morgan fingerprint density at radius 2 is 1.87 bits per heavy atom. The Hall–Kier alpha value is -0.170. The van der Waals surface area contributed by atoms with E-state index in [0.717, 1.165) is 0 Å². The van der Waals surface area contributed by atoms with E-state index in [1.807, 2.05) is 19.0 Å². The molecule has 0 bridgehead atoms. The van der Waals surface area contributed by atoms with Gasteiger partial charge in [-0.3, -0.25) is 0 Å². The molecule has 0 amide bonds. The third-order valence-corrected chi connectivity index (χ3v) is 3.72. The molecule has 5 nitrogen and oxygen atoms in total. The SMILES string of the molecule is CC(C)S(=O)(=O)NCC(C)(O)CN(C)C. The summed E-state index contributed by atoms with van der Waals surface area (Å²) in [4.78, 5) is 1.81. The van der Waals surface area contributed by atoms with Crippen LogP contribution in [0.25, 0.3) is 0 Å².